The van der Waals surface area contributed by atoms with Crippen molar-refractivity contribution in [3.05, 3.63) is 0 Å². The molecule has 0 heterocycles. The van der Waals surface area contributed by atoms with Gasteiger partial charge in [0.1, 0.15) is 0 Å². The summed E-state index contributed by atoms with van der Waals surface area (Å²) in [5.41, 5.74) is 7.37. The summed E-state index contributed by atoms with van der Waals surface area (Å²) >= 11 is 0. The Morgan fingerprint density at radius 1 is 0.682 bits per heavy atom. The summed E-state index contributed by atoms with van der Waals surface area (Å²) in [5.74, 6) is 3.48. The van der Waals surface area contributed by atoms with Crippen molar-refractivity contribution in [2.75, 3.05) is 26.2 Å². The SMILES string of the molecule is CCCCCCCCCCCCCNCCCC[C@H]1CCC2[C@H]3C(CC[C@@]21C)[C@@]1(C)CCCC[C@@]1(C)C[C@H]3OCCCCN. The number of hydrogen-bond acceptors (Lipinski definition) is 3. The van der Waals surface area contributed by atoms with E-state index in [0.29, 0.717) is 22.3 Å². The molecule has 0 bridgehead atoms. The van der Waals surface area contributed by atoms with Crippen LogP contribution in [0.3, 0.4) is 0 Å². The number of fused-ring (bicyclic) bond motifs is 5. The molecule has 2 unspecified atom stereocenters. The van der Waals surface area contributed by atoms with Crippen LogP contribution in [-0.4, -0.2) is 32.3 Å². The summed E-state index contributed by atoms with van der Waals surface area (Å²) in [4.78, 5) is 0. The minimum Gasteiger partial charge on any atom is -0.378 e. The van der Waals surface area contributed by atoms with Gasteiger partial charge in [-0.2, -0.15) is 0 Å². The predicted molar refractivity (Wildman–Crippen MR) is 191 cm³/mol. The maximum Gasteiger partial charge on any atom is 0.0614 e. The number of nitrogens with two attached hydrogens (primary N) is 1. The van der Waals surface area contributed by atoms with Crippen LogP contribution in [0.1, 0.15) is 188 Å². The molecule has 44 heavy (non-hydrogen) atoms. The standard InChI is InChI=1S/C41H78N2O/c1-5-6-7-8-9-10-11-12-13-14-19-30-43-31-20-15-22-34-23-24-35-38-36(25-28-40(34,35)3)41(4)27-17-16-26-39(41,2)33-37(38)44-32-21-18-29-42/h34-38,43H,5-33,42H2,1-4H3/t34-,35?,36?,37+,38-,39-,40+,41+/m0/s1. The molecule has 0 aromatic heterocycles. The van der Waals surface area contributed by atoms with Gasteiger partial charge < -0.3 is 15.8 Å². The van der Waals surface area contributed by atoms with Gasteiger partial charge in [-0.1, -0.05) is 111 Å². The number of nitrogens with one attached hydrogen (secondary N) is 1. The van der Waals surface area contributed by atoms with Gasteiger partial charge in [-0.15, -0.1) is 0 Å². The molecule has 0 aliphatic heterocycles. The first-order valence-electron chi connectivity index (χ1n) is 20.4. The molecule has 0 aromatic rings. The molecule has 3 nitrogen and oxygen atoms in total. The third kappa shape index (κ3) is 9.06. The van der Waals surface area contributed by atoms with E-state index in [2.05, 4.69) is 33.0 Å². The Hall–Kier alpha value is -0.120. The normalized spacial score (nSPS) is 36.6. The largest absolute Gasteiger partial charge is 0.378 e. The third-order valence-corrected chi connectivity index (χ3v) is 14.5. The monoisotopic (exact) mass is 615 g/mol. The quantitative estimate of drug-likeness (QED) is 0.119. The van der Waals surface area contributed by atoms with E-state index in [0.717, 1.165) is 49.7 Å². The van der Waals surface area contributed by atoms with E-state index in [1.807, 2.05) is 0 Å². The van der Waals surface area contributed by atoms with Crippen molar-refractivity contribution >= 4 is 0 Å². The molecule has 0 amide bonds. The summed E-state index contributed by atoms with van der Waals surface area (Å²) in [6, 6.07) is 0. The molecule has 0 radical (unpaired) electrons. The van der Waals surface area contributed by atoms with E-state index in [9.17, 15) is 0 Å². The van der Waals surface area contributed by atoms with Crippen molar-refractivity contribution in [1.29, 1.82) is 0 Å². The van der Waals surface area contributed by atoms with Crippen LogP contribution in [-0.2, 0) is 4.74 Å². The first-order chi connectivity index (χ1) is 21.4. The van der Waals surface area contributed by atoms with Crippen LogP contribution in [0.25, 0.3) is 0 Å². The molecule has 4 saturated carbocycles. The highest BCUT2D eigenvalue weighted by atomic mass is 16.5. The molecule has 4 aliphatic carbocycles. The molecule has 3 N–H and O–H groups in total. The van der Waals surface area contributed by atoms with Crippen LogP contribution in [0.2, 0.25) is 0 Å². The minimum absolute atomic E-state index is 0.469. The number of rotatable bonds is 22. The molecule has 4 fully saturated rings. The Labute approximate surface area is 275 Å². The van der Waals surface area contributed by atoms with E-state index in [1.54, 1.807) is 0 Å². The van der Waals surface area contributed by atoms with Crippen LogP contribution < -0.4 is 11.1 Å². The maximum atomic E-state index is 6.93. The van der Waals surface area contributed by atoms with Crippen molar-refractivity contribution in [2.45, 2.75) is 194 Å². The van der Waals surface area contributed by atoms with E-state index < -0.39 is 0 Å². The fourth-order valence-corrected chi connectivity index (χ4v) is 11.5. The van der Waals surface area contributed by atoms with Gasteiger partial charge in [-0.05, 0) is 137 Å². The lowest BCUT2D eigenvalue weighted by Crippen LogP contribution is -2.61. The van der Waals surface area contributed by atoms with Crippen LogP contribution in [0.4, 0.5) is 0 Å². The Morgan fingerprint density at radius 2 is 1.34 bits per heavy atom. The lowest BCUT2D eigenvalue weighted by Gasteiger charge is -2.66. The smallest absolute Gasteiger partial charge is 0.0614 e. The lowest BCUT2D eigenvalue weighted by atomic mass is 9.40. The molecule has 0 saturated heterocycles. The molecule has 258 valence electrons. The van der Waals surface area contributed by atoms with Gasteiger partial charge in [-0.25, -0.2) is 0 Å². The average molecular weight is 615 g/mol. The summed E-state index contributed by atoms with van der Waals surface area (Å²) in [5, 5.41) is 3.79. The Balaban J connectivity index is 1.16. The van der Waals surface area contributed by atoms with Crippen molar-refractivity contribution < 1.29 is 4.74 Å². The highest BCUT2D eigenvalue weighted by molar-refractivity contribution is 5.14. The third-order valence-electron chi connectivity index (χ3n) is 14.5. The second-order valence-corrected chi connectivity index (χ2v) is 17.2. The maximum absolute atomic E-state index is 6.93. The Morgan fingerprint density at radius 3 is 2.05 bits per heavy atom. The zero-order valence-electron chi connectivity index (χ0n) is 30.4. The first kappa shape index (κ1) is 36.7. The van der Waals surface area contributed by atoms with Crippen molar-refractivity contribution in [2.24, 2.45) is 45.7 Å². The zero-order chi connectivity index (χ0) is 31.3. The predicted octanol–water partition coefficient (Wildman–Crippen LogP) is 11.2. The molecule has 4 aliphatic rings. The summed E-state index contributed by atoms with van der Waals surface area (Å²) in [6.45, 7) is 14.6. The summed E-state index contributed by atoms with van der Waals surface area (Å²) in [7, 11) is 0. The molecular formula is C41H78N2O. The van der Waals surface area contributed by atoms with Crippen LogP contribution in [0.5, 0.6) is 0 Å². The van der Waals surface area contributed by atoms with Crippen LogP contribution >= 0.6 is 0 Å². The van der Waals surface area contributed by atoms with Crippen molar-refractivity contribution in [1.82, 2.24) is 5.32 Å². The van der Waals surface area contributed by atoms with Crippen molar-refractivity contribution in [3.8, 4) is 0 Å². The van der Waals surface area contributed by atoms with Gasteiger partial charge in [0.05, 0.1) is 6.10 Å². The molecular weight excluding hydrogens is 536 g/mol. The summed E-state index contributed by atoms with van der Waals surface area (Å²) in [6.07, 6.45) is 35.7. The fourth-order valence-electron chi connectivity index (χ4n) is 11.5. The van der Waals surface area contributed by atoms with Crippen LogP contribution in [0, 0.1) is 39.9 Å². The molecule has 4 rings (SSSR count). The summed E-state index contributed by atoms with van der Waals surface area (Å²) < 4.78 is 6.93. The van der Waals surface area contributed by atoms with Gasteiger partial charge in [0.2, 0.25) is 0 Å². The average Bonchev–Trinajstić information content (AvgIpc) is 3.35. The van der Waals surface area contributed by atoms with Gasteiger partial charge in [0.15, 0.2) is 0 Å². The minimum atomic E-state index is 0.469. The fraction of sp³-hybridized carbons (Fsp3) is 1.00. The molecule has 3 heteroatoms. The second-order valence-electron chi connectivity index (χ2n) is 17.2. The highest BCUT2D eigenvalue weighted by Gasteiger charge is 2.65. The van der Waals surface area contributed by atoms with E-state index in [4.69, 9.17) is 10.5 Å². The molecule has 0 spiro atoms. The van der Waals surface area contributed by atoms with Crippen LogP contribution in [0.15, 0.2) is 0 Å². The van der Waals surface area contributed by atoms with Gasteiger partial charge in [-0.3, -0.25) is 0 Å². The van der Waals surface area contributed by atoms with E-state index >= 15 is 0 Å². The number of ether oxygens (including phenoxy) is 1. The number of unbranched alkanes of at least 4 members (excludes halogenated alkanes) is 12. The Kier molecular flexibility index (Phi) is 15.4. The molecule has 8 atom stereocenters. The molecule has 0 aromatic carbocycles. The lowest BCUT2D eigenvalue weighted by molar-refractivity contribution is -0.210. The van der Waals surface area contributed by atoms with Gasteiger partial charge in [0, 0.05) is 6.61 Å². The second kappa shape index (κ2) is 18.4. The highest BCUT2D eigenvalue weighted by Crippen LogP contribution is 2.71. The number of hydrogen-bond donors (Lipinski definition) is 2. The van der Waals surface area contributed by atoms with E-state index in [1.165, 1.54) is 161 Å². The van der Waals surface area contributed by atoms with E-state index in [-0.39, 0.29) is 0 Å². The van der Waals surface area contributed by atoms with Gasteiger partial charge in [0.25, 0.3) is 0 Å². The topological polar surface area (TPSA) is 47.3 Å². The zero-order valence-corrected chi connectivity index (χ0v) is 30.4. The first-order valence-corrected chi connectivity index (χ1v) is 20.4. The van der Waals surface area contributed by atoms with Crippen molar-refractivity contribution in [3.63, 3.8) is 0 Å². The Bertz CT molecular complexity index is 787. The van der Waals surface area contributed by atoms with Gasteiger partial charge >= 0.3 is 0 Å².